The summed E-state index contributed by atoms with van der Waals surface area (Å²) >= 11 is 6.03. The second kappa shape index (κ2) is 9.42. The highest BCUT2D eigenvalue weighted by atomic mass is 35.5. The predicted octanol–water partition coefficient (Wildman–Crippen LogP) is 1.86. The summed E-state index contributed by atoms with van der Waals surface area (Å²) in [5, 5.41) is 0.801. The third kappa shape index (κ3) is 5.46. The van der Waals surface area contributed by atoms with Gasteiger partial charge in [-0.05, 0) is 18.2 Å². The zero-order chi connectivity index (χ0) is 13.5. The van der Waals surface area contributed by atoms with Gasteiger partial charge in [-0.25, -0.2) is 0 Å². The van der Waals surface area contributed by atoms with Crippen LogP contribution in [0.2, 0.25) is 5.02 Å². The average molecular weight is 320 g/mol. The Bertz CT molecular complexity index is 384. The molecule has 0 saturated carbocycles. The maximum Gasteiger partial charge on any atom is 0.0594 e. The van der Waals surface area contributed by atoms with E-state index in [0.717, 1.165) is 44.4 Å². The van der Waals surface area contributed by atoms with Crippen molar-refractivity contribution in [3.8, 4) is 0 Å². The lowest BCUT2D eigenvalue weighted by molar-refractivity contribution is 0.107. The van der Waals surface area contributed by atoms with Gasteiger partial charge in [0.05, 0.1) is 13.2 Å². The number of piperazine rings is 1. The number of hydrogen-bond donors (Lipinski definition) is 1. The van der Waals surface area contributed by atoms with E-state index >= 15 is 0 Å². The highest BCUT2D eigenvalue weighted by Gasteiger charge is 2.16. The third-order valence-corrected chi connectivity index (χ3v) is 3.59. The van der Waals surface area contributed by atoms with E-state index in [1.807, 2.05) is 18.2 Å². The second-order valence-corrected chi connectivity index (χ2v) is 5.15. The third-order valence-electron chi connectivity index (χ3n) is 3.36. The smallest absolute Gasteiger partial charge is 0.0594 e. The number of halogens is 2. The van der Waals surface area contributed by atoms with Crippen LogP contribution in [0.25, 0.3) is 0 Å². The largest absolute Gasteiger partial charge is 0.379 e. The minimum Gasteiger partial charge on any atom is -0.379 e. The van der Waals surface area contributed by atoms with E-state index in [2.05, 4.69) is 15.9 Å². The fourth-order valence-electron chi connectivity index (χ4n) is 2.28. The molecule has 0 aliphatic carbocycles. The zero-order valence-electron chi connectivity index (χ0n) is 11.6. The summed E-state index contributed by atoms with van der Waals surface area (Å²) < 4.78 is 5.42. The van der Waals surface area contributed by atoms with Gasteiger partial charge in [0.1, 0.15) is 0 Å². The molecule has 1 aliphatic rings. The first kappa shape index (κ1) is 17.5. The Hall–Kier alpha value is -0.520. The van der Waals surface area contributed by atoms with Crippen LogP contribution in [-0.2, 0) is 4.74 Å². The number of hydrogen-bond acceptors (Lipinski definition) is 4. The van der Waals surface area contributed by atoms with Crippen molar-refractivity contribution in [1.29, 1.82) is 0 Å². The fraction of sp³-hybridized carbons (Fsp3) is 0.571. The van der Waals surface area contributed by atoms with E-state index in [-0.39, 0.29) is 12.4 Å². The van der Waals surface area contributed by atoms with Gasteiger partial charge in [0, 0.05) is 50.0 Å². The van der Waals surface area contributed by atoms with Gasteiger partial charge in [0.25, 0.3) is 0 Å². The summed E-state index contributed by atoms with van der Waals surface area (Å²) in [6.07, 6.45) is 0. The first-order valence-electron chi connectivity index (χ1n) is 6.80. The Morgan fingerprint density at radius 1 is 1.15 bits per heavy atom. The molecule has 0 unspecified atom stereocenters. The molecule has 1 aromatic carbocycles. The average Bonchev–Trinajstić information content (AvgIpc) is 2.44. The first-order valence-corrected chi connectivity index (χ1v) is 7.18. The van der Waals surface area contributed by atoms with Crippen molar-refractivity contribution in [2.45, 2.75) is 0 Å². The lowest BCUT2D eigenvalue weighted by Crippen LogP contribution is -2.47. The van der Waals surface area contributed by atoms with Crippen molar-refractivity contribution in [2.24, 2.45) is 5.73 Å². The standard InChI is InChI=1S/C14H22ClN3O.ClH/c15-13-2-1-3-14(12-13)18-7-5-17(6-8-18)9-11-19-10-4-16;/h1-3,12H,4-11,16H2;1H. The first-order chi connectivity index (χ1) is 9.29. The molecule has 4 nitrogen and oxygen atoms in total. The Kier molecular flexibility index (Phi) is 8.26. The number of ether oxygens (including phenoxy) is 1. The van der Waals surface area contributed by atoms with Crippen molar-refractivity contribution < 1.29 is 4.74 Å². The van der Waals surface area contributed by atoms with E-state index in [9.17, 15) is 0 Å². The van der Waals surface area contributed by atoms with Crippen LogP contribution in [0.5, 0.6) is 0 Å². The van der Waals surface area contributed by atoms with Crippen molar-refractivity contribution in [3.63, 3.8) is 0 Å². The number of nitrogens with zero attached hydrogens (tertiary/aromatic N) is 2. The van der Waals surface area contributed by atoms with Crippen LogP contribution in [0, 0.1) is 0 Å². The number of benzene rings is 1. The molecule has 0 amide bonds. The van der Waals surface area contributed by atoms with Crippen molar-refractivity contribution >= 4 is 29.7 Å². The van der Waals surface area contributed by atoms with Gasteiger partial charge >= 0.3 is 0 Å². The Morgan fingerprint density at radius 3 is 2.55 bits per heavy atom. The normalized spacial score (nSPS) is 16.0. The maximum absolute atomic E-state index is 6.03. The fourth-order valence-corrected chi connectivity index (χ4v) is 2.47. The van der Waals surface area contributed by atoms with Crippen molar-refractivity contribution in [3.05, 3.63) is 29.3 Å². The molecule has 20 heavy (non-hydrogen) atoms. The van der Waals surface area contributed by atoms with Gasteiger partial charge in [0.15, 0.2) is 0 Å². The molecular formula is C14H23Cl2N3O. The van der Waals surface area contributed by atoms with Crippen molar-refractivity contribution in [1.82, 2.24) is 4.90 Å². The molecule has 0 radical (unpaired) electrons. The molecule has 1 fully saturated rings. The lowest BCUT2D eigenvalue weighted by Gasteiger charge is -2.36. The topological polar surface area (TPSA) is 41.7 Å². The van der Waals surface area contributed by atoms with Gasteiger partial charge in [-0.1, -0.05) is 17.7 Å². The quantitative estimate of drug-likeness (QED) is 0.813. The molecule has 0 atom stereocenters. The van der Waals surface area contributed by atoms with E-state index < -0.39 is 0 Å². The van der Waals surface area contributed by atoms with Crippen LogP contribution in [0.4, 0.5) is 5.69 Å². The molecule has 0 aromatic heterocycles. The van der Waals surface area contributed by atoms with Crippen LogP contribution in [0.15, 0.2) is 24.3 Å². The highest BCUT2D eigenvalue weighted by Crippen LogP contribution is 2.20. The Labute approximate surface area is 132 Å². The Morgan fingerprint density at radius 2 is 1.90 bits per heavy atom. The molecule has 1 aromatic rings. The summed E-state index contributed by atoms with van der Waals surface area (Å²) in [5.41, 5.74) is 6.60. The van der Waals surface area contributed by atoms with Crippen LogP contribution < -0.4 is 10.6 Å². The molecule has 114 valence electrons. The maximum atomic E-state index is 6.03. The molecule has 2 N–H and O–H groups in total. The summed E-state index contributed by atoms with van der Waals surface area (Å²) in [7, 11) is 0. The van der Waals surface area contributed by atoms with Crippen LogP contribution in [0.1, 0.15) is 0 Å². The van der Waals surface area contributed by atoms with Crippen molar-refractivity contribution in [2.75, 3.05) is 57.4 Å². The number of rotatable bonds is 6. The predicted molar refractivity (Wildman–Crippen MR) is 87.2 cm³/mol. The van der Waals surface area contributed by atoms with E-state index in [1.165, 1.54) is 5.69 Å². The number of anilines is 1. The van der Waals surface area contributed by atoms with Gasteiger partial charge in [-0.2, -0.15) is 0 Å². The molecule has 2 rings (SSSR count). The van der Waals surface area contributed by atoms with Gasteiger partial charge < -0.3 is 15.4 Å². The minimum atomic E-state index is 0. The van der Waals surface area contributed by atoms with Crippen LogP contribution in [0.3, 0.4) is 0 Å². The van der Waals surface area contributed by atoms with E-state index in [0.29, 0.717) is 13.2 Å². The van der Waals surface area contributed by atoms with E-state index in [4.69, 9.17) is 22.1 Å². The lowest BCUT2D eigenvalue weighted by atomic mass is 10.2. The molecule has 0 bridgehead atoms. The monoisotopic (exact) mass is 319 g/mol. The van der Waals surface area contributed by atoms with Gasteiger partial charge in [-0.15, -0.1) is 12.4 Å². The van der Waals surface area contributed by atoms with Gasteiger partial charge in [0.2, 0.25) is 0 Å². The highest BCUT2D eigenvalue weighted by molar-refractivity contribution is 6.30. The number of nitrogens with two attached hydrogens (primary N) is 1. The molecule has 1 aliphatic heterocycles. The molecule has 1 saturated heterocycles. The Balaban J connectivity index is 0.00000200. The summed E-state index contributed by atoms with van der Waals surface area (Å²) in [6, 6.07) is 8.06. The van der Waals surface area contributed by atoms with Crippen LogP contribution >= 0.6 is 24.0 Å². The van der Waals surface area contributed by atoms with E-state index in [1.54, 1.807) is 0 Å². The molecule has 1 heterocycles. The molecular weight excluding hydrogens is 297 g/mol. The second-order valence-electron chi connectivity index (χ2n) is 4.71. The van der Waals surface area contributed by atoms with Gasteiger partial charge in [-0.3, -0.25) is 4.90 Å². The zero-order valence-corrected chi connectivity index (χ0v) is 13.2. The summed E-state index contributed by atoms with van der Waals surface area (Å²) in [5.74, 6) is 0. The minimum absolute atomic E-state index is 0. The summed E-state index contributed by atoms with van der Waals surface area (Å²) in [6.45, 7) is 7.23. The molecule has 6 heteroatoms. The summed E-state index contributed by atoms with van der Waals surface area (Å²) in [4.78, 5) is 4.81. The SMILES string of the molecule is Cl.NCCOCCN1CCN(c2cccc(Cl)c2)CC1. The van der Waals surface area contributed by atoms with Crippen LogP contribution in [-0.4, -0.2) is 57.4 Å². The molecule has 0 spiro atoms.